The van der Waals surface area contributed by atoms with Crippen molar-refractivity contribution in [2.75, 3.05) is 33.0 Å². The van der Waals surface area contributed by atoms with Gasteiger partial charge in [0, 0.05) is 12.7 Å². The molecule has 0 spiro atoms. The summed E-state index contributed by atoms with van der Waals surface area (Å²) in [6.45, 7) is 2.43. The smallest absolute Gasteiger partial charge is 0.258 e. The minimum atomic E-state index is -0.181. The van der Waals surface area contributed by atoms with E-state index in [0.29, 0.717) is 50.0 Å². The van der Waals surface area contributed by atoms with E-state index in [0.717, 1.165) is 5.69 Å². The van der Waals surface area contributed by atoms with E-state index in [-0.39, 0.29) is 11.9 Å². The Balaban J connectivity index is 1.67. The van der Waals surface area contributed by atoms with Gasteiger partial charge in [0.1, 0.15) is 13.2 Å². The summed E-state index contributed by atoms with van der Waals surface area (Å²) in [5.41, 5.74) is 1.38. The first-order chi connectivity index (χ1) is 11.3. The monoisotopic (exact) mass is 315 g/mol. The molecule has 1 aromatic carbocycles. The van der Waals surface area contributed by atoms with Gasteiger partial charge in [-0.15, -0.1) is 0 Å². The van der Waals surface area contributed by atoms with Crippen LogP contribution in [-0.2, 0) is 4.74 Å². The number of fused-ring (bicyclic) bond motifs is 1. The summed E-state index contributed by atoms with van der Waals surface area (Å²) in [5, 5.41) is 6.90. The summed E-state index contributed by atoms with van der Waals surface area (Å²) in [7, 11) is 0. The number of aromatic amines is 1. The van der Waals surface area contributed by atoms with Gasteiger partial charge in [0.05, 0.1) is 30.5 Å². The van der Waals surface area contributed by atoms with Crippen LogP contribution in [0.5, 0.6) is 11.5 Å². The lowest BCUT2D eigenvalue weighted by atomic mass is 10.1. The maximum absolute atomic E-state index is 13.1. The Morgan fingerprint density at radius 3 is 3.00 bits per heavy atom. The molecule has 23 heavy (non-hydrogen) atoms. The third kappa shape index (κ3) is 2.53. The Morgan fingerprint density at radius 1 is 1.22 bits per heavy atom. The van der Waals surface area contributed by atoms with Gasteiger partial charge < -0.3 is 19.1 Å². The molecule has 0 radical (unpaired) electrons. The Labute approximate surface area is 133 Å². The van der Waals surface area contributed by atoms with E-state index in [1.165, 1.54) is 0 Å². The number of carbonyl (C=O) groups excluding carboxylic acids is 1. The molecule has 7 heteroatoms. The van der Waals surface area contributed by atoms with Crippen molar-refractivity contribution in [1.29, 1.82) is 0 Å². The van der Waals surface area contributed by atoms with Gasteiger partial charge in [-0.05, 0) is 18.2 Å². The minimum Gasteiger partial charge on any atom is -0.486 e. The molecule has 2 aliphatic heterocycles. The zero-order chi connectivity index (χ0) is 15.6. The normalized spacial score (nSPS) is 20.3. The number of para-hydroxylation sites is 1. The second kappa shape index (κ2) is 5.92. The van der Waals surface area contributed by atoms with E-state index in [9.17, 15) is 4.79 Å². The molecule has 0 saturated carbocycles. The quantitative estimate of drug-likeness (QED) is 0.906. The lowest BCUT2D eigenvalue weighted by Gasteiger charge is -2.35. The highest BCUT2D eigenvalue weighted by atomic mass is 16.6. The number of hydrogen-bond donors (Lipinski definition) is 1. The van der Waals surface area contributed by atoms with E-state index in [1.807, 2.05) is 18.2 Å². The fraction of sp³-hybridized carbons (Fsp3) is 0.375. The van der Waals surface area contributed by atoms with Crippen LogP contribution < -0.4 is 9.47 Å². The molecule has 1 aromatic heterocycles. The number of nitrogens with one attached hydrogen (secondary N) is 1. The third-order valence-electron chi connectivity index (χ3n) is 4.07. The molecule has 3 heterocycles. The molecule has 1 amide bonds. The SMILES string of the molecule is O=C(c1cccc2c1OCCO2)N1CCOC[C@H]1c1ccn[nH]1. The number of morpholine rings is 1. The van der Waals surface area contributed by atoms with E-state index < -0.39 is 0 Å². The second-order valence-electron chi connectivity index (χ2n) is 5.43. The molecule has 0 aliphatic carbocycles. The first-order valence-electron chi connectivity index (χ1n) is 7.61. The predicted octanol–water partition coefficient (Wildman–Crippen LogP) is 1.39. The molecule has 1 atom stereocenters. The van der Waals surface area contributed by atoms with Crippen molar-refractivity contribution in [3.05, 3.63) is 41.7 Å². The zero-order valence-corrected chi connectivity index (χ0v) is 12.5. The first-order valence-corrected chi connectivity index (χ1v) is 7.61. The Hall–Kier alpha value is -2.54. The van der Waals surface area contributed by atoms with Crippen molar-refractivity contribution in [2.24, 2.45) is 0 Å². The van der Waals surface area contributed by atoms with Crippen LogP contribution in [0.4, 0.5) is 0 Å². The molecule has 1 N–H and O–H groups in total. The van der Waals surface area contributed by atoms with Gasteiger partial charge in [-0.25, -0.2) is 0 Å². The summed E-state index contributed by atoms with van der Waals surface area (Å²) >= 11 is 0. The number of carbonyl (C=O) groups is 1. The lowest BCUT2D eigenvalue weighted by molar-refractivity contribution is -0.00421. The minimum absolute atomic E-state index is 0.0877. The summed E-state index contributed by atoms with van der Waals surface area (Å²) in [5.74, 6) is 1.06. The van der Waals surface area contributed by atoms with Crippen LogP contribution in [0.3, 0.4) is 0 Å². The lowest BCUT2D eigenvalue weighted by Crippen LogP contribution is -2.43. The van der Waals surface area contributed by atoms with Crippen LogP contribution in [0.1, 0.15) is 22.1 Å². The molecular formula is C16H17N3O4. The van der Waals surface area contributed by atoms with Gasteiger partial charge in [0.15, 0.2) is 11.5 Å². The van der Waals surface area contributed by atoms with Gasteiger partial charge in [-0.1, -0.05) is 6.07 Å². The van der Waals surface area contributed by atoms with Crippen LogP contribution >= 0.6 is 0 Å². The van der Waals surface area contributed by atoms with Gasteiger partial charge in [0.25, 0.3) is 5.91 Å². The highest BCUT2D eigenvalue weighted by Gasteiger charge is 2.32. The van der Waals surface area contributed by atoms with Gasteiger partial charge >= 0.3 is 0 Å². The van der Waals surface area contributed by atoms with Crippen molar-refractivity contribution in [1.82, 2.24) is 15.1 Å². The molecule has 0 unspecified atom stereocenters. The number of ether oxygens (including phenoxy) is 3. The summed E-state index contributed by atoms with van der Waals surface area (Å²) in [4.78, 5) is 14.9. The maximum atomic E-state index is 13.1. The molecule has 1 saturated heterocycles. The van der Waals surface area contributed by atoms with Crippen LogP contribution in [0.25, 0.3) is 0 Å². The van der Waals surface area contributed by atoms with Crippen LogP contribution in [-0.4, -0.2) is 54.0 Å². The van der Waals surface area contributed by atoms with Crippen molar-refractivity contribution in [3.63, 3.8) is 0 Å². The summed E-state index contributed by atoms with van der Waals surface area (Å²) in [6, 6.07) is 7.08. The van der Waals surface area contributed by atoms with Crippen molar-refractivity contribution >= 4 is 5.91 Å². The maximum Gasteiger partial charge on any atom is 0.258 e. The van der Waals surface area contributed by atoms with Gasteiger partial charge in [-0.2, -0.15) is 5.10 Å². The standard InChI is InChI=1S/C16H17N3O4/c20-16(11-2-1-3-14-15(11)23-9-8-22-14)19-6-7-21-10-13(19)12-4-5-17-18-12/h1-5,13H,6-10H2,(H,17,18)/t13-/m0/s1. The number of aromatic nitrogens is 2. The van der Waals surface area contributed by atoms with Crippen molar-refractivity contribution in [2.45, 2.75) is 6.04 Å². The van der Waals surface area contributed by atoms with Gasteiger partial charge in [0.2, 0.25) is 0 Å². The molecule has 120 valence electrons. The Morgan fingerprint density at radius 2 is 2.13 bits per heavy atom. The summed E-state index contributed by atoms with van der Waals surface area (Å²) in [6.07, 6.45) is 1.67. The largest absolute Gasteiger partial charge is 0.486 e. The number of nitrogens with zero attached hydrogens (tertiary/aromatic N) is 2. The topological polar surface area (TPSA) is 76.7 Å². The Kier molecular flexibility index (Phi) is 3.63. The second-order valence-corrected chi connectivity index (χ2v) is 5.43. The molecule has 2 aliphatic rings. The van der Waals surface area contributed by atoms with E-state index in [1.54, 1.807) is 17.2 Å². The first kappa shape index (κ1) is 14.1. The van der Waals surface area contributed by atoms with Crippen molar-refractivity contribution < 1.29 is 19.0 Å². The highest BCUT2D eigenvalue weighted by Crippen LogP contribution is 2.35. The zero-order valence-electron chi connectivity index (χ0n) is 12.5. The molecule has 7 nitrogen and oxygen atoms in total. The molecule has 2 aromatic rings. The van der Waals surface area contributed by atoms with E-state index in [2.05, 4.69) is 10.2 Å². The Bertz CT molecular complexity index is 701. The predicted molar refractivity (Wildman–Crippen MR) is 80.6 cm³/mol. The number of hydrogen-bond acceptors (Lipinski definition) is 5. The molecule has 4 rings (SSSR count). The molecule has 1 fully saturated rings. The average molecular weight is 315 g/mol. The van der Waals surface area contributed by atoms with Crippen LogP contribution in [0.15, 0.2) is 30.5 Å². The fourth-order valence-corrected chi connectivity index (χ4v) is 2.95. The molecular weight excluding hydrogens is 298 g/mol. The van der Waals surface area contributed by atoms with Crippen LogP contribution in [0.2, 0.25) is 0 Å². The van der Waals surface area contributed by atoms with E-state index in [4.69, 9.17) is 14.2 Å². The van der Waals surface area contributed by atoms with E-state index >= 15 is 0 Å². The highest BCUT2D eigenvalue weighted by molar-refractivity contribution is 5.98. The number of benzene rings is 1. The van der Waals surface area contributed by atoms with Crippen LogP contribution in [0, 0.1) is 0 Å². The summed E-state index contributed by atoms with van der Waals surface area (Å²) < 4.78 is 16.8. The number of amides is 1. The third-order valence-corrected chi connectivity index (χ3v) is 4.07. The van der Waals surface area contributed by atoms with Crippen molar-refractivity contribution in [3.8, 4) is 11.5 Å². The average Bonchev–Trinajstić information content (AvgIpc) is 3.15. The number of H-pyrrole nitrogens is 1. The van der Waals surface area contributed by atoms with Gasteiger partial charge in [-0.3, -0.25) is 9.89 Å². The number of rotatable bonds is 2. The molecule has 0 bridgehead atoms. The fourth-order valence-electron chi connectivity index (χ4n) is 2.95.